The Morgan fingerprint density at radius 2 is 1.76 bits per heavy atom. The van der Waals surface area contributed by atoms with Gasteiger partial charge in [-0.25, -0.2) is 0 Å². The van der Waals surface area contributed by atoms with Crippen molar-refractivity contribution in [3.8, 4) is 0 Å². The number of aliphatic hydroxyl groups is 1. The van der Waals surface area contributed by atoms with Gasteiger partial charge in [0.1, 0.15) is 0 Å². The maximum absolute atomic E-state index is 10.5. The Morgan fingerprint density at radius 3 is 2.41 bits per heavy atom. The topological polar surface area (TPSA) is 20.2 Å². The first kappa shape index (κ1) is 22.3. The first-order valence-corrected chi connectivity index (χ1v) is 12.4. The van der Waals surface area contributed by atoms with Gasteiger partial charge in [0.15, 0.2) is 0 Å². The molecule has 1 aromatic carbocycles. The summed E-state index contributed by atoms with van der Waals surface area (Å²) in [6.45, 7) is 9.29. The molecule has 1 heterocycles. The molecule has 1 aromatic heterocycles. The van der Waals surface area contributed by atoms with Crippen LogP contribution in [0, 0.1) is 11.8 Å². The summed E-state index contributed by atoms with van der Waals surface area (Å²) in [5.41, 5.74) is 5.65. The van der Waals surface area contributed by atoms with Crippen molar-refractivity contribution in [2.24, 2.45) is 11.8 Å². The van der Waals surface area contributed by atoms with Gasteiger partial charge in [-0.2, -0.15) is 0 Å². The Labute approximate surface area is 181 Å². The SMILES string of the molecule is CCCCCC(O)c1ccc([C@H]2C(C)=C(C)C(C)[C@@H]2CCCc2cccs2)cc1. The van der Waals surface area contributed by atoms with Gasteiger partial charge in [-0.3, -0.25) is 0 Å². The lowest BCUT2D eigenvalue weighted by molar-refractivity contribution is 0.163. The van der Waals surface area contributed by atoms with Crippen LogP contribution in [0.4, 0.5) is 0 Å². The van der Waals surface area contributed by atoms with Crippen molar-refractivity contribution in [3.05, 3.63) is 68.9 Å². The van der Waals surface area contributed by atoms with E-state index >= 15 is 0 Å². The molecular formula is C27H38OS. The molecule has 2 heteroatoms. The van der Waals surface area contributed by atoms with E-state index in [1.165, 1.54) is 42.5 Å². The van der Waals surface area contributed by atoms with E-state index in [2.05, 4.69) is 69.5 Å². The van der Waals surface area contributed by atoms with Crippen molar-refractivity contribution in [2.45, 2.75) is 84.7 Å². The number of hydrogen-bond acceptors (Lipinski definition) is 2. The molecule has 0 saturated carbocycles. The molecule has 0 aliphatic heterocycles. The summed E-state index contributed by atoms with van der Waals surface area (Å²) in [4.78, 5) is 1.51. The molecule has 29 heavy (non-hydrogen) atoms. The zero-order valence-electron chi connectivity index (χ0n) is 18.7. The maximum Gasteiger partial charge on any atom is 0.0790 e. The Bertz CT molecular complexity index is 771. The summed E-state index contributed by atoms with van der Waals surface area (Å²) < 4.78 is 0. The average Bonchev–Trinajstić information content (AvgIpc) is 3.32. The second kappa shape index (κ2) is 10.6. The van der Waals surface area contributed by atoms with Crippen molar-refractivity contribution < 1.29 is 5.11 Å². The largest absolute Gasteiger partial charge is 0.388 e. The summed E-state index contributed by atoms with van der Waals surface area (Å²) in [6, 6.07) is 13.3. The Morgan fingerprint density at radius 1 is 1.00 bits per heavy atom. The maximum atomic E-state index is 10.5. The molecule has 0 radical (unpaired) electrons. The fourth-order valence-electron chi connectivity index (χ4n) is 5.10. The normalized spacial score (nSPS) is 23.0. The molecule has 0 saturated heterocycles. The van der Waals surface area contributed by atoms with Gasteiger partial charge in [-0.1, -0.05) is 74.6 Å². The van der Waals surface area contributed by atoms with Gasteiger partial charge in [0.05, 0.1) is 6.10 Å². The van der Waals surface area contributed by atoms with E-state index < -0.39 is 0 Å². The molecule has 0 fully saturated rings. The molecule has 0 spiro atoms. The molecule has 1 nitrogen and oxygen atoms in total. The van der Waals surface area contributed by atoms with E-state index in [1.54, 1.807) is 11.1 Å². The molecule has 158 valence electrons. The summed E-state index contributed by atoms with van der Waals surface area (Å²) in [7, 11) is 0. The zero-order valence-corrected chi connectivity index (χ0v) is 19.5. The number of benzene rings is 1. The predicted molar refractivity (Wildman–Crippen MR) is 127 cm³/mol. The van der Waals surface area contributed by atoms with Crippen LogP contribution < -0.4 is 0 Å². The summed E-state index contributed by atoms with van der Waals surface area (Å²) in [6.07, 6.45) is 7.80. The first-order chi connectivity index (χ1) is 14.0. The van der Waals surface area contributed by atoms with Gasteiger partial charge in [0.2, 0.25) is 0 Å². The highest BCUT2D eigenvalue weighted by Crippen LogP contribution is 2.49. The number of thiophene rings is 1. The van der Waals surface area contributed by atoms with Crippen LogP contribution in [0.2, 0.25) is 0 Å². The molecule has 1 N–H and O–H groups in total. The number of hydrogen-bond donors (Lipinski definition) is 1. The highest BCUT2D eigenvalue weighted by molar-refractivity contribution is 7.09. The van der Waals surface area contributed by atoms with Crippen LogP contribution in [-0.2, 0) is 6.42 Å². The number of rotatable bonds is 10. The monoisotopic (exact) mass is 410 g/mol. The number of aryl methyl sites for hydroxylation is 1. The van der Waals surface area contributed by atoms with E-state index in [9.17, 15) is 5.11 Å². The van der Waals surface area contributed by atoms with Crippen LogP contribution in [0.1, 0.15) is 94.2 Å². The third-order valence-corrected chi connectivity index (χ3v) is 8.08. The van der Waals surface area contributed by atoms with Gasteiger partial charge in [0.25, 0.3) is 0 Å². The smallest absolute Gasteiger partial charge is 0.0790 e. The highest BCUT2D eigenvalue weighted by Gasteiger charge is 2.36. The quantitative estimate of drug-likeness (QED) is 0.310. The first-order valence-electron chi connectivity index (χ1n) is 11.5. The average molecular weight is 411 g/mol. The molecule has 2 aromatic rings. The van der Waals surface area contributed by atoms with Crippen LogP contribution in [-0.4, -0.2) is 5.11 Å². The van der Waals surface area contributed by atoms with Crippen molar-refractivity contribution >= 4 is 11.3 Å². The van der Waals surface area contributed by atoms with Crippen LogP contribution in [0.5, 0.6) is 0 Å². The number of aliphatic hydroxyl groups excluding tert-OH is 1. The van der Waals surface area contributed by atoms with E-state index in [0.29, 0.717) is 17.8 Å². The van der Waals surface area contributed by atoms with E-state index in [4.69, 9.17) is 0 Å². The molecule has 1 aliphatic carbocycles. The fourth-order valence-corrected chi connectivity index (χ4v) is 5.85. The lowest BCUT2D eigenvalue weighted by atomic mass is 9.78. The van der Waals surface area contributed by atoms with Crippen LogP contribution in [0.25, 0.3) is 0 Å². The van der Waals surface area contributed by atoms with Gasteiger partial charge < -0.3 is 5.11 Å². The molecule has 3 rings (SSSR count). The van der Waals surface area contributed by atoms with Gasteiger partial charge in [-0.05, 0) is 73.9 Å². The standard InChI is InChI=1S/C27H38OS/c1-5-6-7-13-26(28)22-14-16-23(17-15-22)27-21(4)19(2)20(3)25(27)12-8-10-24-11-9-18-29-24/h9,11,14-18,20,25-28H,5-8,10,12-13H2,1-4H3/t20?,25-,26?,27+/m0/s1. The number of allylic oxidation sites excluding steroid dienone is 2. The Hall–Kier alpha value is -1.38. The van der Waals surface area contributed by atoms with Gasteiger partial charge in [-0.15, -0.1) is 11.3 Å². The van der Waals surface area contributed by atoms with Crippen molar-refractivity contribution in [3.63, 3.8) is 0 Å². The van der Waals surface area contributed by atoms with Crippen LogP contribution in [0.3, 0.4) is 0 Å². The minimum absolute atomic E-state index is 0.321. The summed E-state index contributed by atoms with van der Waals surface area (Å²) in [5, 5.41) is 12.7. The molecular weight excluding hydrogens is 372 g/mol. The lowest BCUT2D eigenvalue weighted by Gasteiger charge is -2.26. The minimum Gasteiger partial charge on any atom is -0.388 e. The van der Waals surface area contributed by atoms with Crippen molar-refractivity contribution in [1.29, 1.82) is 0 Å². The third-order valence-electron chi connectivity index (χ3n) is 7.14. The van der Waals surface area contributed by atoms with Gasteiger partial charge in [0, 0.05) is 10.8 Å². The van der Waals surface area contributed by atoms with Crippen molar-refractivity contribution in [2.75, 3.05) is 0 Å². The van der Waals surface area contributed by atoms with Crippen molar-refractivity contribution in [1.82, 2.24) is 0 Å². The minimum atomic E-state index is -0.321. The molecule has 0 bridgehead atoms. The second-order valence-electron chi connectivity index (χ2n) is 8.95. The fraction of sp³-hybridized carbons (Fsp3) is 0.556. The Kier molecular flexibility index (Phi) is 8.15. The third kappa shape index (κ3) is 5.41. The lowest BCUT2D eigenvalue weighted by Crippen LogP contribution is -2.15. The summed E-state index contributed by atoms with van der Waals surface area (Å²) >= 11 is 1.88. The number of unbranched alkanes of at least 4 members (excludes halogenated alkanes) is 2. The Balaban J connectivity index is 1.68. The van der Waals surface area contributed by atoms with E-state index in [1.807, 2.05) is 11.3 Å². The predicted octanol–water partition coefficient (Wildman–Crippen LogP) is 8.07. The second-order valence-corrected chi connectivity index (χ2v) is 9.98. The van der Waals surface area contributed by atoms with E-state index in [-0.39, 0.29) is 6.10 Å². The summed E-state index contributed by atoms with van der Waals surface area (Å²) in [5.74, 6) is 1.87. The van der Waals surface area contributed by atoms with Gasteiger partial charge >= 0.3 is 0 Å². The highest BCUT2D eigenvalue weighted by atomic mass is 32.1. The molecule has 2 unspecified atom stereocenters. The molecule has 1 aliphatic rings. The van der Waals surface area contributed by atoms with Crippen LogP contribution >= 0.6 is 11.3 Å². The molecule has 0 amide bonds. The van der Waals surface area contributed by atoms with Crippen LogP contribution in [0.15, 0.2) is 52.9 Å². The molecule has 4 atom stereocenters. The zero-order chi connectivity index (χ0) is 20.8. The van der Waals surface area contributed by atoms with E-state index in [0.717, 1.165) is 18.4 Å².